The first-order chi connectivity index (χ1) is 35.0. The van der Waals surface area contributed by atoms with Gasteiger partial charge in [0.25, 0.3) is 0 Å². The molecular formula is C50H60N10O10S2. The van der Waals surface area contributed by atoms with Gasteiger partial charge in [-0.2, -0.15) is 10.1 Å². The number of carbonyl (C=O) groups is 4. The molecule has 0 radical (unpaired) electrons. The number of thioether (sulfide) groups is 2. The van der Waals surface area contributed by atoms with Crippen LogP contribution < -0.4 is 20.1 Å². The van der Waals surface area contributed by atoms with E-state index < -0.39 is 24.0 Å². The van der Waals surface area contributed by atoms with Crippen molar-refractivity contribution in [1.29, 1.82) is 0 Å². The van der Waals surface area contributed by atoms with Gasteiger partial charge < -0.3 is 48.4 Å². The number of hydroxylamine groups is 4. The minimum atomic E-state index is -1.50. The molecule has 72 heavy (non-hydrogen) atoms. The van der Waals surface area contributed by atoms with Crippen LogP contribution >= 0.6 is 23.5 Å². The van der Waals surface area contributed by atoms with Crippen LogP contribution in [-0.4, -0.2) is 143 Å². The summed E-state index contributed by atoms with van der Waals surface area (Å²) in [6.45, 7) is 2.39. The van der Waals surface area contributed by atoms with Gasteiger partial charge in [-0.15, -0.1) is 43.9 Å². The van der Waals surface area contributed by atoms with Gasteiger partial charge in [0.2, 0.25) is 23.6 Å². The number of nitrogens with zero attached hydrogens (tertiary/aromatic N) is 8. The van der Waals surface area contributed by atoms with E-state index in [0.717, 1.165) is 33.1 Å². The Labute approximate surface area is 427 Å². The van der Waals surface area contributed by atoms with Crippen molar-refractivity contribution >= 4 is 58.9 Å². The maximum absolute atomic E-state index is 13.6. The van der Waals surface area contributed by atoms with E-state index in [9.17, 15) is 19.2 Å². The lowest BCUT2D eigenvalue weighted by Gasteiger charge is -2.24. The molecule has 0 saturated heterocycles. The lowest BCUT2D eigenvalue weighted by molar-refractivity contribution is -0.203. The van der Waals surface area contributed by atoms with E-state index in [1.807, 2.05) is 98.7 Å². The number of benzene rings is 4. The SMILES string of the molecule is CN(C)CCCCN(OC(=O)C(=O)ON(CCCCN(C)C)C(=O)Nc1ccc(-c2nnc(CSCCOc3ccccc3)o2)cc1)C(=O)Nc1ccc(-c2nnc(CSCCOc3ccccc3)o2)cc1. The van der Waals surface area contributed by atoms with Crippen molar-refractivity contribution in [1.82, 2.24) is 40.3 Å². The molecule has 382 valence electrons. The lowest BCUT2D eigenvalue weighted by atomic mass is 10.2. The van der Waals surface area contributed by atoms with Gasteiger partial charge in [-0.3, -0.25) is 0 Å². The summed E-state index contributed by atoms with van der Waals surface area (Å²) in [5.74, 6) is 2.61. The summed E-state index contributed by atoms with van der Waals surface area (Å²) < 4.78 is 23.2. The summed E-state index contributed by atoms with van der Waals surface area (Å²) >= 11 is 3.20. The molecule has 0 fully saturated rings. The lowest BCUT2D eigenvalue weighted by Crippen LogP contribution is -2.43. The van der Waals surface area contributed by atoms with Crippen molar-refractivity contribution in [2.24, 2.45) is 0 Å². The van der Waals surface area contributed by atoms with Crippen LogP contribution in [-0.2, 0) is 30.8 Å². The Bertz CT molecular complexity index is 2390. The molecule has 0 saturated carbocycles. The topological polar surface area (TPSA) is 220 Å². The molecule has 4 aromatic carbocycles. The summed E-state index contributed by atoms with van der Waals surface area (Å²) in [4.78, 5) is 68.5. The molecular weight excluding hydrogens is 965 g/mol. The molecule has 6 rings (SSSR count). The number of unbranched alkanes of at least 4 members (excludes halogenated alkanes) is 2. The molecule has 2 aromatic heterocycles. The Hall–Kier alpha value is -7.14. The number of anilines is 2. The van der Waals surface area contributed by atoms with Crippen LogP contribution in [0.1, 0.15) is 37.5 Å². The molecule has 0 atom stereocenters. The third kappa shape index (κ3) is 18.9. The van der Waals surface area contributed by atoms with Crippen LogP contribution in [0.3, 0.4) is 0 Å². The van der Waals surface area contributed by atoms with Gasteiger partial charge in [-0.25, -0.2) is 19.2 Å². The normalized spacial score (nSPS) is 11.0. The fourth-order valence-electron chi connectivity index (χ4n) is 6.43. The highest BCUT2D eigenvalue weighted by Crippen LogP contribution is 2.24. The van der Waals surface area contributed by atoms with Crippen molar-refractivity contribution in [3.63, 3.8) is 0 Å². The van der Waals surface area contributed by atoms with Crippen molar-refractivity contribution < 1.29 is 47.2 Å². The van der Waals surface area contributed by atoms with Gasteiger partial charge in [-0.1, -0.05) is 36.4 Å². The van der Waals surface area contributed by atoms with E-state index in [4.69, 9.17) is 28.0 Å². The third-order valence-electron chi connectivity index (χ3n) is 10.1. The van der Waals surface area contributed by atoms with E-state index in [1.54, 1.807) is 72.1 Å². The highest BCUT2D eigenvalue weighted by Gasteiger charge is 2.30. The van der Waals surface area contributed by atoms with Crippen molar-refractivity contribution in [3.05, 3.63) is 121 Å². The Kier molecular flexibility index (Phi) is 22.0. The minimum Gasteiger partial charge on any atom is -0.493 e. The van der Waals surface area contributed by atoms with Crippen molar-refractivity contribution in [2.75, 3.05) is 89.7 Å². The largest absolute Gasteiger partial charge is 0.493 e. The number of carbonyl (C=O) groups excluding carboxylic acids is 4. The summed E-state index contributed by atoms with van der Waals surface area (Å²) in [7, 11) is 7.66. The number of aromatic nitrogens is 4. The summed E-state index contributed by atoms with van der Waals surface area (Å²) in [6, 6.07) is 30.8. The highest BCUT2D eigenvalue weighted by atomic mass is 32.2. The maximum atomic E-state index is 13.6. The standard InChI is InChI=1S/C50H60N10O10S2/c1-57(2)27-11-13-29-59(49(63)51-39-23-19-37(20-24-39)45-55-53-43(67-45)35-71-33-31-65-41-15-7-5-8-16-41)69-47(61)48(62)70-60(30-14-12-28-58(3)4)50(64)52-40-25-21-38(22-26-40)46-56-54-44(68-46)36-72-34-32-66-42-17-9-6-10-18-42/h5-10,15-26H,11-14,27-36H2,1-4H3,(H,51,63)(H,52,64). The molecule has 20 nitrogen and oxygen atoms in total. The molecule has 0 aliphatic heterocycles. The molecule has 2 heterocycles. The Morgan fingerprint density at radius 1 is 0.500 bits per heavy atom. The molecule has 0 spiro atoms. The van der Waals surface area contributed by atoms with Crippen LogP contribution in [0.5, 0.6) is 11.5 Å². The van der Waals surface area contributed by atoms with E-state index in [2.05, 4.69) is 31.0 Å². The molecule has 0 unspecified atom stereocenters. The minimum absolute atomic E-state index is 0.0445. The van der Waals surface area contributed by atoms with Crippen molar-refractivity contribution in [2.45, 2.75) is 37.2 Å². The molecule has 0 bridgehead atoms. The van der Waals surface area contributed by atoms with Gasteiger partial charge in [-0.05, 0) is 140 Å². The van der Waals surface area contributed by atoms with Crippen LogP contribution in [0.15, 0.2) is 118 Å². The van der Waals surface area contributed by atoms with Gasteiger partial charge in [0, 0.05) is 34.0 Å². The number of amides is 4. The molecule has 22 heteroatoms. The fourth-order valence-corrected chi connectivity index (χ4v) is 7.70. The zero-order chi connectivity index (χ0) is 50.9. The predicted octanol–water partition coefficient (Wildman–Crippen LogP) is 8.38. The number of hydrogen-bond donors (Lipinski definition) is 2. The smallest absolute Gasteiger partial charge is 0.444 e. The van der Waals surface area contributed by atoms with Crippen LogP contribution in [0.4, 0.5) is 21.0 Å². The zero-order valence-corrected chi connectivity index (χ0v) is 42.4. The van der Waals surface area contributed by atoms with E-state index >= 15 is 0 Å². The second-order valence-electron chi connectivity index (χ2n) is 16.4. The fraction of sp³-hybridized carbons (Fsp3) is 0.360. The molecule has 2 N–H and O–H groups in total. The Morgan fingerprint density at radius 3 is 1.25 bits per heavy atom. The maximum Gasteiger partial charge on any atom is 0.444 e. The molecule has 0 aliphatic carbocycles. The van der Waals surface area contributed by atoms with Crippen LogP contribution in [0, 0.1) is 0 Å². The van der Waals surface area contributed by atoms with Gasteiger partial charge in [0.15, 0.2) is 0 Å². The third-order valence-corrected chi connectivity index (χ3v) is 11.9. The number of ether oxygens (including phenoxy) is 2. The van der Waals surface area contributed by atoms with Gasteiger partial charge >= 0.3 is 24.0 Å². The summed E-state index contributed by atoms with van der Waals surface area (Å²) in [6.07, 6.45) is 2.18. The second kappa shape index (κ2) is 29.3. The first kappa shape index (κ1) is 54.2. The number of rotatable bonds is 26. The van der Waals surface area contributed by atoms with Crippen LogP contribution in [0.25, 0.3) is 22.9 Å². The highest BCUT2D eigenvalue weighted by molar-refractivity contribution is 7.98. The predicted molar refractivity (Wildman–Crippen MR) is 275 cm³/mol. The van der Waals surface area contributed by atoms with E-state index in [1.165, 1.54) is 0 Å². The molecule has 0 aliphatic rings. The monoisotopic (exact) mass is 1020 g/mol. The van der Waals surface area contributed by atoms with Crippen LogP contribution in [0.2, 0.25) is 0 Å². The molecule has 6 aromatic rings. The average Bonchev–Trinajstić information content (AvgIpc) is 4.07. The van der Waals surface area contributed by atoms with Gasteiger partial charge in [0.05, 0.1) is 37.8 Å². The molecule has 4 amide bonds. The Balaban J connectivity index is 1.00. The van der Waals surface area contributed by atoms with Gasteiger partial charge in [0.1, 0.15) is 11.5 Å². The number of urea groups is 2. The first-order valence-corrected chi connectivity index (χ1v) is 25.6. The first-order valence-electron chi connectivity index (χ1n) is 23.3. The van der Waals surface area contributed by atoms with E-state index in [0.29, 0.717) is 110 Å². The number of nitrogens with one attached hydrogen (secondary N) is 2. The zero-order valence-electron chi connectivity index (χ0n) is 40.8. The summed E-state index contributed by atoms with van der Waals surface area (Å²) in [5.41, 5.74) is 1.97. The second-order valence-corrected chi connectivity index (χ2v) is 18.6. The average molecular weight is 1030 g/mol. The number of hydrogen-bond acceptors (Lipinski definition) is 18. The number of para-hydroxylation sites is 2. The summed E-state index contributed by atoms with van der Waals surface area (Å²) in [5, 5.41) is 23.5. The quantitative estimate of drug-likeness (QED) is 0.0296. The Morgan fingerprint density at radius 2 is 0.875 bits per heavy atom. The van der Waals surface area contributed by atoms with Crippen molar-refractivity contribution in [3.8, 4) is 34.4 Å². The van der Waals surface area contributed by atoms with E-state index in [-0.39, 0.29) is 13.1 Å².